The third kappa shape index (κ3) is 4.93. The molecule has 5 nitrogen and oxygen atoms in total. The molecule has 1 aromatic heterocycles. The Morgan fingerprint density at radius 1 is 1.37 bits per heavy atom. The van der Waals surface area contributed by atoms with Gasteiger partial charge in [-0.25, -0.2) is 0 Å². The van der Waals surface area contributed by atoms with Gasteiger partial charge in [-0.2, -0.15) is 5.26 Å². The standard InChI is InChI=1S/C21H24ClN3O2/c1-13(2)12-25-14(3)8-16(15(25)4)9-17(11-23)21(26)24-19-10-18(22)6-7-20(19)27-5/h6-10,13H,12H2,1-5H3,(H,24,26)/b17-9+. The van der Waals surface area contributed by atoms with Crippen molar-refractivity contribution in [2.24, 2.45) is 5.92 Å². The first kappa shape index (κ1) is 20.6. The number of methoxy groups -OCH3 is 1. The number of hydrogen-bond donors (Lipinski definition) is 1. The highest BCUT2D eigenvalue weighted by molar-refractivity contribution is 6.31. The van der Waals surface area contributed by atoms with E-state index in [1.165, 1.54) is 7.11 Å². The maximum Gasteiger partial charge on any atom is 0.266 e. The number of hydrogen-bond acceptors (Lipinski definition) is 3. The van der Waals surface area contributed by atoms with Crippen LogP contribution in [0.3, 0.4) is 0 Å². The molecule has 2 aromatic rings. The zero-order chi connectivity index (χ0) is 20.1. The van der Waals surface area contributed by atoms with Crippen LogP contribution in [-0.2, 0) is 11.3 Å². The van der Waals surface area contributed by atoms with Crippen molar-refractivity contribution < 1.29 is 9.53 Å². The average Bonchev–Trinajstić information content (AvgIpc) is 2.86. The van der Waals surface area contributed by atoms with Crippen LogP contribution in [0.5, 0.6) is 5.75 Å². The van der Waals surface area contributed by atoms with Gasteiger partial charge in [-0.05, 0) is 55.7 Å². The number of carbonyl (C=O) groups is 1. The topological polar surface area (TPSA) is 67.0 Å². The monoisotopic (exact) mass is 385 g/mol. The first-order valence-electron chi connectivity index (χ1n) is 8.70. The van der Waals surface area contributed by atoms with E-state index in [4.69, 9.17) is 16.3 Å². The minimum absolute atomic E-state index is 0.0156. The molecular formula is C21H24ClN3O2. The summed E-state index contributed by atoms with van der Waals surface area (Å²) in [4.78, 5) is 12.6. The second-order valence-electron chi connectivity index (χ2n) is 6.80. The number of anilines is 1. The van der Waals surface area contributed by atoms with E-state index < -0.39 is 5.91 Å². The van der Waals surface area contributed by atoms with Crippen molar-refractivity contribution in [2.75, 3.05) is 12.4 Å². The summed E-state index contributed by atoms with van der Waals surface area (Å²) in [6.45, 7) is 9.21. The molecule has 6 heteroatoms. The van der Waals surface area contributed by atoms with Crippen molar-refractivity contribution in [3.63, 3.8) is 0 Å². The molecule has 0 aliphatic heterocycles. The van der Waals surface area contributed by atoms with Gasteiger partial charge in [0.25, 0.3) is 5.91 Å². The van der Waals surface area contributed by atoms with E-state index in [-0.39, 0.29) is 5.57 Å². The van der Waals surface area contributed by atoms with Gasteiger partial charge < -0.3 is 14.6 Å². The molecule has 0 atom stereocenters. The van der Waals surface area contributed by atoms with E-state index in [1.807, 2.05) is 26.0 Å². The van der Waals surface area contributed by atoms with E-state index in [0.29, 0.717) is 22.4 Å². The molecule has 0 saturated heterocycles. The van der Waals surface area contributed by atoms with Gasteiger partial charge in [-0.1, -0.05) is 25.4 Å². The quantitative estimate of drug-likeness (QED) is 0.564. The zero-order valence-electron chi connectivity index (χ0n) is 16.3. The van der Waals surface area contributed by atoms with Crippen molar-refractivity contribution in [1.82, 2.24) is 4.57 Å². The third-order valence-electron chi connectivity index (χ3n) is 4.24. The Balaban J connectivity index is 2.33. The Morgan fingerprint density at radius 3 is 2.67 bits per heavy atom. The summed E-state index contributed by atoms with van der Waals surface area (Å²) >= 11 is 5.99. The second kappa shape index (κ2) is 8.79. The van der Waals surface area contributed by atoms with E-state index in [1.54, 1.807) is 24.3 Å². The molecule has 0 spiro atoms. The number of halogens is 1. The van der Waals surface area contributed by atoms with Gasteiger partial charge in [0.1, 0.15) is 17.4 Å². The number of aryl methyl sites for hydroxylation is 1. The molecule has 0 radical (unpaired) electrons. The highest BCUT2D eigenvalue weighted by Crippen LogP contribution is 2.28. The lowest BCUT2D eigenvalue weighted by Crippen LogP contribution is -2.14. The van der Waals surface area contributed by atoms with E-state index in [2.05, 4.69) is 23.7 Å². The Labute approximate surface area is 165 Å². The van der Waals surface area contributed by atoms with Gasteiger partial charge in [-0.15, -0.1) is 0 Å². The summed E-state index contributed by atoms with van der Waals surface area (Å²) in [5.74, 6) is 0.465. The molecule has 0 fully saturated rings. The van der Waals surface area contributed by atoms with Gasteiger partial charge in [0.05, 0.1) is 12.8 Å². The smallest absolute Gasteiger partial charge is 0.266 e. The van der Waals surface area contributed by atoms with Gasteiger partial charge >= 0.3 is 0 Å². The van der Waals surface area contributed by atoms with Crippen molar-refractivity contribution in [2.45, 2.75) is 34.2 Å². The van der Waals surface area contributed by atoms with Crippen molar-refractivity contribution in [3.05, 3.63) is 51.8 Å². The van der Waals surface area contributed by atoms with Crippen molar-refractivity contribution in [3.8, 4) is 11.8 Å². The Morgan fingerprint density at radius 2 is 2.07 bits per heavy atom. The minimum atomic E-state index is -0.508. The lowest BCUT2D eigenvalue weighted by molar-refractivity contribution is -0.112. The lowest BCUT2D eigenvalue weighted by Gasteiger charge is -2.12. The SMILES string of the molecule is COc1ccc(Cl)cc1NC(=O)/C(C#N)=C/c1cc(C)n(CC(C)C)c1C. The molecule has 1 aromatic carbocycles. The molecule has 0 aliphatic rings. The van der Waals surface area contributed by atoms with Crippen LogP contribution in [0.4, 0.5) is 5.69 Å². The fraction of sp³-hybridized carbons (Fsp3) is 0.333. The van der Waals surface area contributed by atoms with E-state index in [0.717, 1.165) is 23.5 Å². The predicted octanol–water partition coefficient (Wildman–Crippen LogP) is 4.97. The molecule has 27 heavy (non-hydrogen) atoms. The Hall–Kier alpha value is -2.71. The lowest BCUT2D eigenvalue weighted by atomic mass is 10.1. The van der Waals surface area contributed by atoms with E-state index >= 15 is 0 Å². The average molecular weight is 386 g/mol. The summed E-state index contributed by atoms with van der Waals surface area (Å²) in [7, 11) is 1.50. The van der Waals surface area contributed by atoms with Gasteiger partial charge in [0.2, 0.25) is 0 Å². The molecule has 2 rings (SSSR count). The van der Waals surface area contributed by atoms with Crippen LogP contribution in [0.25, 0.3) is 6.08 Å². The number of rotatable bonds is 6. The summed E-state index contributed by atoms with van der Waals surface area (Å²) < 4.78 is 7.43. The second-order valence-corrected chi connectivity index (χ2v) is 7.24. The largest absolute Gasteiger partial charge is 0.495 e. The molecule has 0 unspecified atom stereocenters. The van der Waals surface area contributed by atoms with Crippen LogP contribution in [0.1, 0.15) is 30.8 Å². The highest BCUT2D eigenvalue weighted by Gasteiger charge is 2.15. The normalized spacial score (nSPS) is 11.4. The van der Waals surface area contributed by atoms with Crippen LogP contribution in [0.2, 0.25) is 5.02 Å². The highest BCUT2D eigenvalue weighted by atomic mass is 35.5. The molecule has 0 aliphatic carbocycles. The molecule has 0 saturated carbocycles. The number of nitrogens with one attached hydrogen (secondary N) is 1. The number of benzene rings is 1. The first-order valence-corrected chi connectivity index (χ1v) is 9.08. The summed E-state index contributed by atoms with van der Waals surface area (Å²) in [6, 6.07) is 8.89. The fourth-order valence-electron chi connectivity index (χ4n) is 2.89. The molecule has 1 N–H and O–H groups in total. The minimum Gasteiger partial charge on any atom is -0.495 e. The number of nitrogens with zero attached hydrogens (tertiary/aromatic N) is 2. The number of carbonyl (C=O) groups excluding carboxylic acids is 1. The van der Waals surface area contributed by atoms with Crippen LogP contribution in [-0.4, -0.2) is 17.6 Å². The number of nitriles is 1. The number of aromatic nitrogens is 1. The maximum atomic E-state index is 12.6. The maximum absolute atomic E-state index is 12.6. The number of amides is 1. The molecule has 0 bridgehead atoms. The molecule has 142 valence electrons. The third-order valence-corrected chi connectivity index (χ3v) is 4.47. The van der Waals surface area contributed by atoms with Crippen molar-refractivity contribution in [1.29, 1.82) is 5.26 Å². The van der Waals surface area contributed by atoms with Crippen LogP contribution in [0.15, 0.2) is 29.8 Å². The Kier molecular flexibility index (Phi) is 6.70. The van der Waals surface area contributed by atoms with Gasteiger partial charge in [0.15, 0.2) is 0 Å². The van der Waals surface area contributed by atoms with E-state index in [9.17, 15) is 10.1 Å². The van der Waals surface area contributed by atoms with Gasteiger partial charge in [-0.3, -0.25) is 4.79 Å². The van der Waals surface area contributed by atoms with Crippen LogP contribution in [0, 0.1) is 31.1 Å². The summed E-state index contributed by atoms with van der Waals surface area (Å²) in [6.07, 6.45) is 1.62. The van der Waals surface area contributed by atoms with Crippen LogP contribution >= 0.6 is 11.6 Å². The van der Waals surface area contributed by atoms with Gasteiger partial charge in [0, 0.05) is 23.0 Å². The van der Waals surface area contributed by atoms with Crippen LogP contribution < -0.4 is 10.1 Å². The Bertz CT molecular complexity index is 920. The van der Waals surface area contributed by atoms with Crippen molar-refractivity contribution >= 4 is 29.3 Å². The molecular weight excluding hydrogens is 362 g/mol. The fourth-order valence-corrected chi connectivity index (χ4v) is 3.06. The number of ether oxygens (including phenoxy) is 1. The summed E-state index contributed by atoms with van der Waals surface area (Å²) in [5, 5.41) is 12.7. The first-order chi connectivity index (χ1) is 12.8. The molecule has 1 amide bonds. The zero-order valence-corrected chi connectivity index (χ0v) is 17.0. The molecule has 1 heterocycles. The predicted molar refractivity (Wildman–Crippen MR) is 109 cm³/mol. The summed E-state index contributed by atoms with van der Waals surface area (Å²) in [5.41, 5.74) is 3.42.